The maximum absolute atomic E-state index is 12.5. The third-order valence-electron chi connectivity index (χ3n) is 5.01. The van der Waals surface area contributed by atoms with E-state index in [1.165, 1.54) is 36.8 Å². The Morgan fingerprint density at radius 3 is 2.00 bits per heavy atom. The molecule has 0 aliphatic rings. The molecule has 2 nitrogen and oxygen atoms in total. The highest BCUT2D eigenvalue weighted by Crippen LogP contribution is 2.22. The van der Waals surface area contributed by atoms with Gasteiger partial charge < -0.3 is 4.74 Å². The Hall–Kier alpha value is -1.93. The maximum Gasteiger partial charge on any atom is 0.191 e. The number of carbonyl (C=O) groups excluding carboxylic acids is 1. The first kappa shape index (κ1) is 21.4. The average Bonchev–Trinajstić information content (AvgIpc) is 2.71. The third-order valence-corrected chi connectivity index (χ3v) is 5.01. The lowest BCUT2D eigenvalue weighted by Crippen LogP contribution is -2.21. The molecular weight excluding hydrogens is 332 g/mol. The second-order valence-electron chi connectivity index (χ2n) is 7.32. The fourth-order valence-electron chi connectivity index (χ4n) is 3.16. The molecule has 2 heteroatoms. The summed E-state index contributed by atoms with van der Waals surface area (Å²) in [6.07, 6.45) is 8.03. The molecule has 27 heavy (non-hydrogen) atoms. The highest BCUT2D eigenvalue weighted by atomic mass is 16.5. The average molecular weight is 367 g/mol. The van der Waals surface area contributed by atoms with Gasteiger partial charge in [-0.1, -0.05) is 88.1 Å². The number of hydrogen-bond donors (Lipinski definition) is 0. The summed E-state index contributed by atoms with van der Waals surface area (Å²) < 4.78 is 5.62. The van der Waals surface area contributed by atoms with Gasteiger partial charge in [-0.05, 0) is 42.9 Å². The van der Waals surface area contributed by atoms with E-state index in [1.807, 2.05) is 31.2 Å². The molecule has 0 aliphatic heterocycles. The standard InChI is InChI=1S/C25H34O2/c1-4-6-8-9-10-21-11-13-22(14-12-21)23-15-17-24(18-16-23)25(26)20(3)27-19-7-5-2/h11-18,20H,4-10,19H2,1-3H3. The van der Waals surface area contributed by atoms with Crippen LogP contribution in [0.15, 0.2) is 48.5 Å². The first-order chi connectivity index (χ1) is 13.2. The van der Waals surface area contributed by atoms with E-state index >= 15 is 0 Å². The van der Waals surface area contributed by atoms with Crippen LogP contribution in [0.25, 0.3) is 11.1 Å². The molecule has 0 fully saturated rings. The SMILES string of the molecule is CCCCCCc1ccc(-c2ccc(C(=O)C(C)OCCCC)cc2)cc1. The van der Waals surface area contributed by atoms with Crippen LogP contribution in [-0.2, 0) is 11.2 Å². The van der Waals surface area contributed by atoms with Gasteiger partial charge in [0.1, 0.15) is 6.10 Å². The largest absolute Gasteiger partial charge is 0.370 e. The van der Waals surface area contributed by atoms with Crippen molar-refractivity contribution in [3.8, 4) is 11.1 Å². The Bertz CT molecular complexity index is 670. The highest BCUT2D eigenvalue weighted by molar-refractivity contribution is 5.99. The van der Waals surface area contributed by atoms with Crippen molar-refractivity contribution in [1.29, 1.82) is 0 Å². The Labute approximate surface area is 165 Å². The third kappa shape index (κ3) is 6.95. The van der Waals surface area contributed by atoms with Crippen molar-refractivity contribution >= 4 is 5.78 Å². The fraction of sp³-hybridized carbons (Fsp3) is 0.480. The highest BCUT2D eigenvalue weighted by Gasteiger charge is 2.15. The molecule has 0 heterocycles. The van der Waals surface area contributed by atoms with Crippen LogP contribution < -0.4 is 0 Å². The topological polar surface area (TPSA) is 26.3 Å². The summed E-state index contributed by atoms with van der Waals surface area (Å²) in [7, 11) is 0. The normalized spacial score (nSPS) is 12.1. The minimum Gasteiger partial charge on any atom is -0.370 e. The van der Waals surface area contributed by atoms with Gasteiger partial charge in [-0.2, -0.15) is 0 Å². The number of carbonyl (C=O) groups is 1. The van der Waals surface area contributed by atoms with Crippen LogP contribution >= 0.6 is 0 Å². The van der Waals surface area contributed by atoms with Crippen molar-refractivity contribution in [2.45, 2.75) is 71.8 Å². The number of unbranched alkanes of at least 4 members (excludes halogenated alkanes) is 4. The van der Waals surface area contributed by atoms with Gasteiger partial charge in [0.15, 0.2) is 5.78 Å². The van der Waals surface area contributed by atoms with Crippen LogP contribution in [0.5, 0.6) is 0 Å². The molecule has 0 aromatic heterocycles. The molecule has 2 rings (SSSR count). The lowest BCUT2D eigenvalue weighted by Gasteiger charge is -2.12. The molecular formula is C25H34O2. The van der Waals surface area contributed by atoms with Gasteiger partial charge in [-0.25, -0.2) is 0 Å². The summed E-state index contributed by atoms with van der Waals surface area (Å²) in [5.41, 5.74) is 4.46. The van der Waals surface area contributed by atoms with Crippen LogP contribution in [0.2, 0.25) is 0 Å². The maximum atomic E-state index is 12.5. The van der Waals surface area contributed by atoms with Gasteiger partial charge in [0.2, 0.25) is 0 Å². The fourth-order valence-corrected chi connectivity index (χ4v) is 3.16. The number of hydrogen-bond acceptors (Lipinski definition) is 2. The lowest BCUT2D eigenvalue weighted by atomic mass is 9.99. The molecule has 2 aromatic carbocycles. The Morgan fingerprint density at radius 1 is 0.815 bits per heavy atom. The zero-order chi connectivity index (χ0) is 19.5. The second-order valence-corrected chi connectivity index (χ2v) is 7.32. The summed E-state index contributed by atoms with van der Waals surface area (Å²) in [4.78, 5) is 12.5. The van der Waals surface area contributed by atoms with E-state index in [1.54, 1.807) is 0 Å². The Balaban J connectivity index is 1.93. The molecule has 0 spiro atoms. The molecule has 0 aliphatic carbocycles. The van der Waals surface area contributed by atoms with Crippen molar-refractivity contribution in [3.05, 3.63) is 59.7 Å². The molecule has 0 saturated carbocycles. The molecule has 0 radical (unpaired) electrons. The minimum atomic E-state index is -0.380. The molecule has 0 amide bonds. The quantitative estimate of drug-likeness (QED) is 0.303. The first-order valence-corrected chi connectivity index (χ1v) is 10.5. The van der Waals surface area contributed by atoms with Gasteiger partial charge in [0.25, 0.3) is 0 Å². The Kier molecular flexibility index (Phi) is 9.27. The second kappa shape index (κ2) is 11.7. The van der Waals surface area contributed by atoms with Crippen molar-refractivity contribution in [2.75, 3.05) is 6.61 Å². The molecule has 1 atom stereocenters. The Morgan fingerprint density at radius 2 is 1.41 bits per heavy atom. The number of benzene rings is 2. The summed E-state index contributed by atoms with van der Waals surface area (Å²) in [6, 6.07) is 16.7. The van der Waals surface area contributed by atoms with E-state index in [0.717, 1.165) is 30.4 Å². The number of aryl methyl sites for hydroxylation is 1. The van der Waals surface area contributed by atoms with Crippen LogP contribution in [-0.4, -0.2) is 18.5 Å². The number of Topliss-reactive ketones (excluding diaryl/α,β-unsaturated/α-hetero) is 1. The van der Waals surface area contributed by atoms with Crippen molar-refractivity contribution < 1.29 is 9.53 Å². The minimum absolute atomic E-state index is 0.0556. The zero-order valence-corrected chi connectivity index (χ0v) is 17.2. The number of rotatable bonds is 12. The van der Waals surface area contributed by atoms with Crippen LogP contribution in [0.1, 0.15) is 75.2 Å². The monoisotopic (exact) mass is 366 g/mol. The van der Waals surface area contributed by atoms with Gasteiger partial charge in [-0.3, -0.25) is 4.79 Å². The first-order valence-electron chi connectivity index (χ1n) is 10.5. The lowest BCUT2D eigenvalue weighted by molar-refractivity contribution is 0.0468. The van der Waals surface area contributed by atoms with Crippen molar-refractivity contribution in [2.24, 2.45) is 0 Å². The molecule has 0 N–H and O–H groups in total. The molecule has 146 valence electrons. The van der Waals surface area contributed by atoms with Crippen LogP contribution in [0, 0.1) is 0 Å². The van der Waals surface area contributed by atoms with E-state index in [9.17, 15) is 4.79 Å². The molecule has 0 bridgehead atoms. The van der Waals surface area contributed by atoms with Gasteiger partial charge in [0.05, 0.1) is 0 Å². The molecule has 2 aromatic rings. The van der Waals surface area contributed by atoms with Crippen molar-refractivity contribution in [3.63, 3.8) is 0 Å². The van der Waals surface area contributed by atoms with Gasteiger partial charge >= 0.3 is 0 Å². The van der Waals surface area contributed by atoms with Gasteiger partial charge in [0, 0.05) is 12.2 Å². The number of ether oxygens (including phenoxy) is 1. The van der Waals surface area contributed by atoms with Crippen LogP contribution in [0.3, 0.4) is 0 Å². The van der Waals surface area contributed by atoms with E-state index in [-0.39, 0.29) is 11.9 Å². The van der Waals surface area contributed by atoms with E-state index in [4.69, 9.17) is 4.74 Å². The van der Waals surface area contributed by atoms with Gasteiger partial charge in [-0.15, -0.1) is 0 Å². The summed E-state index contributed by atoms with van der Waals surface area (Å²) >= 11 is 0. The summed E-state index contributed by atoms with van der Waals surface area (Å²) in [5, 5.41) is 0. The van der Waals surface area contributed by atoms with Crippen LogP contribution in [0.4, 0.5) is 0 Å². The molecule has 1 unspecified atom stereocenters. The smallest absolute Gasteiger partial charge is 0.191 e. The van der Waals surface area contributed by atoms with E-state index < -0.39 is 0 Å². The zero-order valence-electron chi connectivity index (χ0n) is 17.2. The summed E-state index contributed by atoms with van der Waals surface area (Å²) in [5.74, 6) is 0.0556. The predicted molar refractivity (Wildman–Crippen MR) is 114 cm³/mol. The summed E-state index contributed by atoms with van der Waals surface area (Å²) in [6.45, 7) is 6.85. The predicted octanol–water partition coefficient (Wildman–Crippen LogP) is 6.86. The number of ketones is 1. The van der Waals surface area contributed by atoms with E-state index in [0.29, 0.717) is 6.61 Å². The van der Waals surface area contributed by atoms with E-state index in [2.05, 4.69) is 38.1 Å². The molecule has 0 saturated heterocycles. The van der Waals surface area contributed by atoms with Crippen molar-refractivity contribution in [1.82, 2.24) is 0 Å².